The Kier molecular flexibility index (Phi) is 3.03. The summed E-state index contributed by atoms with van der Waals surface area (Å²) in [7, 11) is 0. The lowest BCUT2D eigenvalue weighted by atomic mass is 9.80. The summed E-state index contributed by atoms with van der Waals surface area (Å²) < 4.78 is 0. The third-order valence-electron chi connectivity index (χ3n) is 5.69. The van der Waals surface area contributed by atoms with Gasteiger partial charge >= 0.3 is 0 Å². The Balaban J connectivity index is 2.00. The molecular weight excluding hydrogens is 232 g/mol. The minimum Gasteiger partial charge on any atom is -0.294 e. The molecule has 2 aliphatic rings. The zero-order valence-corrected chi connectivity index (χ0v) is 12.5. The van der Waals surface area contributed by atoms with E-state index in [9.17, 15) is 4.79 Å². The maximum Gasteiger partial charge on any atom is 0.166 e. The molecule has 0 radical (unpaired) electrons. The summed E-state index contributed by atoms with van der Waals surface area (Å²) in [6, 6.07) is 2.21. The standard InChI is InChI=1S/C18H24O/c1-10-7-11(2)13(4)17(12(10)3)18(19)16-9-14-5-6-15(16)8-14/h7,14-16H,5-6,8-9H2,1-4H3. The summed E-state index contributed by atoms with van der Waals surface area (Å²) in [6.07, 6.45) is 5.10. The van der Waals surface area contributed by atoms with E-state index < -0.39 is 0 Å². The molecule has 2 fully saturated rings. The third kappa shape index (κ3) is 1.94. The number of rotatable bonds is 2. The fourth-order valence-corrected chi connectivity index (χ4v) is 4.34. The Labute approximate surface area is 116 Å². The first-order valence-corrected chi connectivity index (χ1v) is 7.60. The highest BCUT2D eigenvalue weighted by atomic mass is 16.1. The van der Waals surface area contributed by atoms with Gasteiger partial charge in [-0.15, -0.1) is 0 Å². The molecule has 2 aliphatic carbocycles. The second kappa shape index (κ2) is 4.47. The predicted octanol–water partition coefficient (Wildman–Crippen LogP) is 4.54. The molecule has 0 amide bonds. The van der Waals surface area contributed by atoms with Crippen molar-refractivity contribution in [2.24, 2.45) is 17.8 Å². The molecule has 1 aromatic rings. The second-order valence-corrected chi connectivity index (χ2v) is 6.78. The first-order valence-electron chi connectivity index (χ1n) is 7.60. The third-order valence-corrected chi connectivity index (χ3v) is 5.69. The van der Waals surface area contributed by atoms with Crippen LogP contribution >= 0.6 is 0 Å². The minimum absolute atomic E-state index is 0.317. The van der Waals surface area contributed by atoms with Crippen molar-refractivity contribution >= 4 is 5.78 Å². The number of hydrogen-bond donors (Lipinski definition) is 0. The average Bonchev–Trinajstić information content (AvgIpc) is 2.98. The molecule has 0 spiro atoms. The fraction of sp³-hybridized carbons (Fsp3) is 0.611. The lowest BCUT2D eigenvalue weighted by Crippen LogP contribution is -2.23. The number of carbonyl (C=O) groups is 1. The van der Waals surface area contributed by atoms with Gasteiger partial charge in [0.15, 0.2) is 5.78 Å². The molecule has 0 aromatic heterocycles. The van der Waals surface area contributed by atoms with Crippen LogP contribution in [0.15, 0.2) is 6.07 Å². The smallest absolute Gasteiger partial charge is 0.166 e. The van der Waals surface area contributed by atoms with Crippen molar-refractivity contribution in [1.29, 1.82) is 0 Å². The molecule has 0 heterocycles. The predicted molar refractivity (Wildman–Crippen MR) is 78.7 cm³/mol. The number of fused-ring (bicyclic) bond motifs is 2. The SMILES string of the molecule is Cc1cc(C)c(C)c(C(=O)C2CC3CCC2C3)c1C. The summed E-state index contributed by atoms with van der Waals surface area (Å²) in [4.78, 5) is 13.0. The first-order chi connectivity index (χ1) is 8.99. The van der Waals surface area contributed by atoms with Crippen LogP contribution in [0.25, 0.3) is 0 Å². The monoisotopic (exact) mass is 256 g/mol. The lowest BCUT2D eigenvalue weighted by molar-refractivity contribution is 0.0873. The molecule has 2 saturated carbocycles. The molecule has 1 nitrogen and oxygen atoms in total. The van der Waals surface area contributed by atoms with Crippen molar-refractivity contribution < 1.29 is 4.79 Å². The maximum atomic E-state index is 13.0. The van der Waals surface area contributed by atoms with Gasteiger partial charge in [0.25, 0.3) is 0 Å². The van der Waals surface area contributed by atoms with Crippen LogP contribution in [0.4, 0.5) is 0 Å². The largest absolute Gasteiger partial charge is 0.294 e. The highest BCUT2D eigenvalue weighted by Gasteiger charge is 2.43. The Bertz CT molecular complexity index is 515. The van der Waals surface area contributed by atoms with Gasteiger partial charge in [0.05, 0.1) is 0 Å². The van der Waals surface area contributed by atoms with Crippen LogP contribution in [-0.2, 0) is 0 Å². The summed E-state index contributed by atoms with van der Waals surface area (Å²) >= 11 is 0. The zero-order chi connectivity index (χ0) is 13.7. The van der Waals surface area contributed by atoms with E-state index in [1.165, 1.54) is 41.5 Å². The van der Waals surface area contributed by atoms with E-state index in [0.717, 1.165) is 17.9 Å². The van der Waals surface area contributed by atoms with E-state index in [-0.39, 0.29) is 0 Å². The second-order valence-electron chi connectivity index (χ2n) is 6.78. The molecular formula is C18H24O. The summed E-state index contributed by atoms with van der Waals surface area (Å²) in [5, 5.41) is 0. The topological polar surface area (TPSA) is 17.1 Å². The number of benzene rings is 1. The van der Waals surface area contributed by atoms with Crippen LogP contribution in [-0.4, -0.2) is 5.78 Å². The van der Waals surface area contributed by atoms with Gasteiger partial charge in [0, 0.05) is 11.5 Å². The number of aryl methyl sites for hydroxylation is 2. The van der Waals surface area contributed by atoms with Crippen molar-refractivity contribution in [3.63, 3.8) is 0 Å². The molecule has 2 bridgehead atoms. The van der Waals surface area contributed by atoms with Gasteiger partial charge in [-0.2, -0.15) is 0 Å². The molecule has 0 aliphatic heterocycles. The van der Waals surface area contributed by atoms with Crippen LogP contribution < -0.4 is 0 Å². The highest BCUT2D eigenvalue weighted by molar-refractivity contribution is 6.01. The number of ketones is 1. The van der Waals surface area contributed by atoms with Crippen molar-refractivity contribution in [2.45, 2.75) is 53.4 Å². The molecule has 1 heteroatoms. The Morgan fingerprint density at radius 1 is 1.00 bits per heavy atom. The number of hydrogen-bond acceptors (Lipinski definition) is 1. The van der Waals surface area contributed by atoms with E-state index in [1.807, 2.05) is 0 Å². The van der Waals surface area contributed by atoms with Gasteiger partial charge in [0.1, 0.15) is 0 Å². The molecule has 19 heavy (non-hydrogen) atoms. The number of Topliss-reactive ketones (excluding diaryl/α,β-unsaturated/α-hetero) is 1. The van der Waals surface area contributed by atoms with Gasteiger partial charge < -0.3 is 0 Å². The van der Waals surface area contributed by atoms with Crippen molar-refractivity contribution in [3.8, 4) is 0 Å². The normalized spacial score (nSPS) is 28.9. The van der Waals surface area contributed by atoms with E-state index >= 15 is 0 Å². The highest BCUT2D eigenvalue weighted by Crippen LogP contribution is 2.49. The fourth-order valence-electron chi connectivity index (χ4n) is 4.34. The molecule has 3 rings (SSSR count). The van der Waals surface area contributed by atoms with Crippen LogP contribution in [0.2, 0.25) is 0 Å². The van der Waals surface area contributed by atoms with Crippen LogP contribution in [0.1, 0.15) is 58.3 Å². The summed E-state index contributed by atoms with van der Waals surface area (Å²) in [6.45, 7) is 8.48. The van der Waals surface area contributed by atoms with Gasteiger partial charge in [-0.1, -0.05) is 12.5 Å². The Morgan fingerprint density at radius 2 is 1.63 bits per heavy atom. The van der Waals surface area contributed by atoms with Gasteiger partial charge in [-0.05, 0) is 81.0 Å². The van der Waals surface area contributed by atoms with E-state index in [2.05, 4.69) is 33.8 Å². The number of carbonyl (C=O) groups excluding carboxylic acids is 1. The van der Waals surface area contributed by atoms with Crippen molar-refractivity contribution in [2.75, 3.05) is 0 Å². The summed E-state index contributed by atoms with van der Waals surface area (Å²) in [5.74, 6) is 2.27. The van der Waals surface area contributed by atoms with Crippen LogP contribution in [0.5, 0.6) is 0 Å². The van der Waals surface area contributed by atoms with E-state index in [4.69, 9.17) is 0 Å². The Morgan fingerprint density at radius 3 is 2.11 bits per heavy atom. The van der Waals surface area contributed by atoms with Gasteiger partial charge in [-0.25, -0.2) is 0 Å². The first kappa shape index (κ1) is 12.9. The summed E-state index contributed by atoms with van der Waals surface area (Å²) in [5.41, 5.74) is 5.96. The van der Waals surface area contributed by atoms with Gasteiger partial charge in [0.2, 0.25) is 0 Å². The molecule has 3 unspecified atom stereocenters. The maximum absolute atomic E-state index is 13.0. The Hall–Kier alpha value is -1.11. The molecule has 0 N–H and O–H groups in total. The van der Waals surface area contributed by atoms with E-state index in [1.54, 1.807) is 0 Å². The minimum atomic E-state index is 0.317. The zero-order valence-electron chi connectivity index (χ0n) is 12.5. The van der Waals surface area contributed by atoms with Crippen molar-refractivity contribution in [3.05, 3.63) is 33.9 Å². The molecule has 102 valence electrons. The molecule has 3 atom stereocenters. The van der Waals surface area contributed by atoms with Crippen LogP contribution in [0, 0.1) is 45.4 Å². The van der Waals surface area contributed by atoms with E-state index in [0.29, 0.717) is 17.6 Å². The lowest BCUT2D eigenvalue weighted by Gasteiger charge is -2.23. The molecule has 0 saturated heterocycles. The average molecular weight is 256 g/mol. The van der Waals surface area contributed by atoms with Crippen molar-refractivity contribution in [1.82, 2.24) is 0 Å². The quantitative estimate of drug-likeness (QED) is 0.710. The molecule has 1 aromatic carbocycles. The van der Waals surface area contributed by atoms with Crippen LogP contribution in [0.3, 0.4) is 0 Å². The van der Waals surface area contributed by atoms with Gasteiger partial charge in [-0.3, -0.25) is 4.79 Å².